The SMILES string of the molecule is Cc1ccc(Nc2cc(N(C)CCc3ccncc3)nc(C)n2)cc1. The summed E-state index contributed by atoms with van der Waals surface area (Å²) in [5, 5.41) is 3.35. The molecule has 25 heavy (non-hydrogen) atoms. The molecule has 0 amide bonds. The first kappa shape index (κ1) is 16.9. The number of hydrogen-bond acceptors (Lipinski definition) is 5. The fourth-order valence-electron chi connectivity index (χ4n) is 2.56. The van der Waals surface area contributed by atoms with Crippen molar-refractivity contribution in [3.8, 4) is 0 Å². The summed E-state index contributed by atoms with van der Waals surface area (Å²) in [6, 6.07) is 14.3. The minimum absolute atomic E-state index is 0.753. The number of rotatable bonds is 6. The maximum absolute atomic E-state index is 4.56. The van der Waals surface area contributed by atoms with E-state index in [0.717, 1.165) is 36.1 Å². The zero-order valence-corrected chi connectivity index (χ0v) is 14.9. The van der Waals surface area contributed by atoms with Crippen molar-refractivity contribution in [1.82, 2.24) is 15.0 Å². The van der Waals surface area contributed by atoms with E-state index < -0.39 is 0 Å². The molecule has 0 saturated heterocycles. The highest BCUT2D eigenvalue weighted by molar-refractivity contribution is 5.59. The molecule has 0 atom stereocenters. The third-order valence-electron chi connectivity index (χ3n) is 4.02. The van der Waals surface area contributed by atoms with Gasteiger partial charge in [-0.05, 0) is 50.1 Å². The minimum Gasteiger partial charge on any atom is -0.359 e. The van der Waals surface area contributed by atoms with Crippen molar-refractivity contribution >= 4 is 17.3 Å². The van der Waals surface area contributed by atoms with Crippen molar-refractivity contribution in [2.45, 2.75) is 20.3 Å². The van der Waals surface area contributed by atoms with Gasteiger partial charge >= 0.3 is 0 Å². The van der Waals surface area contributed by atoms with Crippen molar-refractivity contribution < 1.29 is 0 Å². The predicted molar refractivity (Wildman–Crippen MR) is 102 cm³/mol. The van der Waals surface area contributed by atoms with Crippen LogP contribution in [0.25, 0.3) is 0 Å². The highest BCUT2D eigenvalue weighted by Crippen LogP contribution is 2.19. The first-order chi connectivity index (χ1) is 12.1. The average molecular weight is 333 g/mol. The van der Waals surface area contributed by atoms with Gasteiger partial charge in [-0.15, -0.1) is 0 Å². The molecule has 0 aliphatic rings. The number of hydrogen-bond donors (Lipinski definition) is 1. The van der Waals surface area contributed by atoms with Crippen LogP contribution in [-0.2, 0) is 6.42 Å². The van der Waals surface area contributed by atoms with Crippen LogP contribution in [0.3, 0.4) is 0 Å². The third-order valence-corrected chi connectivity index (χ3v) is 4.02. The van der Waals surface area contributed by atoms with Gasteiger partial charge in [0.25, 0.3) is 0 Å². The van der Waals surface area contributed by atoms with E-state index in [2.05, 4.69) is 63.4 Å². The number of nitrogens with zero attached hydrogens (tertiary/aromatic N) is 4. The second-order valence-corrected chi connectivity index (χ2v) is 6.18. The quantitative estimate of drug-likeness (QED) is 0.741. The number of pyridine rings is 1. The molecule has 5 heteroatoms. The Labute approximate surface area is 148 Å². The monoisotopic (exact) mass is 333 g/mol. The highest BCUT2D eigenvalue weighted by atomic mass is 15.2. The van der Waals surface area contributed by atoms with E-state index in [1.807, 2.05) is 37.5 Å². The Morgan fingerprint density at radius 1 is 0.960 bits per heavy atom. The summed E-state index contributed by atoms with van der Waals surface area (Å²) in [6.07, 6.45) is 4.60. The Bertz CT molecular complexity index is 815. The fraction of sp³-hybridized carbons (Fsp3) is 0.250. The lowest BCUT2D eigenvalue weighted by Crippen LogP contribution is -2.22. The Morgan fingerprint density at radius 2 is 1.68 bits per heavy atom. The summed E-state index contributed by atoms with van der Waals surface area (Å²) < 4.78 is 0. The molecule has 0 bridgehead atoms. The zero-order chi connectivity index (χ0) is 17.6. The molecular weight excluding hydrogens is 310 g/mol. The number of benzene rings is 1. The molecule has 0 radical (unpaired) electrons. The molecule has 1 N–H and O–H groups in total. The van der Waals surface area contributed by atoms with Gasteiger partial charge < -0.3 is 10.2 Å². The first-order valence-corrected chi connectivity index (χ1v) is 8.39. The van der Waals surface area contributed by atoms with E-state index in [0.29, 0.717) is 0 Å². The Hall–Kier alpha value is -2.95. The molecular formula is C20H23N5. The molecule has 2 aromatic heterocycles. The van der Waals surface area contributed by atoms with Crippen LogP contribution in [0.5, 0.6) is 0 Å². The van der Waals surface area contributed by atoms with Crippen LogP contribution in [0.1, 0.15) is 17.0 Å². The maximum Gasteiger partial charge on any atom is 0.136 e. The number of aromatic nitrogens is 3. The number of likely N-dealkylation sites (N-methyl/N-ethyl adjacent to an activating group) is 1. The normalized spacial score (nSPS) is 10.5. The largest absolute Gasteiger partial charge is 0.359 e. The topological polar surface area (TPSA) is 53.9 Å². The van der Waals surface area contributed by atoms with Crippen molar-refractivity contribution in [3.63, 3.8) is 0 Å². The molecule has 2 heterocycles. The van der Waals surface area contributed by atoms with Crippen molar-refractivity contribution in [1.29, 1.82) is 0 Å². The zero-order valence-electron chi connectivity index (χ0n) is 14.9. The van der Waals surface area contributed by atoms with E-state index in [1.54, 1.807) is 0 Å². The number of anilines is 3. The predicted octanol–water partition coefficient (Wildman–Crippen LogP) is 3.91. The van der Waals surface area contributed by atoms with E-state index >= 15 is 0 Å². The summed E-state index contributed by atoms with van der Waals surface area (Å²) in [5.74, 6) is 2.47. The Kier molecular flexibility index (Phi) is 5.23. The van der Waals surface area contributed by atoms with Crippen molar-refractivity contribution in [2.75, 3.05) is 23.8 Å². The number of aryl methyl sites for hydroxylation is 2. The van der Waals surface area contributed by atoms with Crippen LogP contribution in [0.2, 0.25) is 0 Å². The lowest BCUT2D eigenvalue weighted by Gasteiger charge is -2.19. The van der Waals surface area contributed by atoms with E-state index in [1.165, 1.54) is 11.1 Å². The first-order valence-electron chi connectivity index (χ1n) is 8.39. The van der Waals surface area contributed by atoms with Gasteiger partial charge in [-0.1, -0.05) is 17.7 Å². The van der Waals surface area contributed by atoms with Crippen LogP contribution in [0, 0.1) is 13.8 Å². The third kappa shape index (κ3) is 4.76. The van der Waals surface area contributed by atoms with Gasteiger partial charge in [0.1, 0.15) is 17.5 Å². The van der Waals surface area contributed by atoms with Gasteiger partial charge in [0, 0.05) is 37.7 Å². The summed E-state index contributed by atoms with van der Waals surface area (Å²) in [6.45, 7) is 4.87. The molecule has 128 valence electrons. The van der Waals surface area contributed by atoms with Gasteiger partial charge in [-0.3, -0.25) is 4.98 Å². The highest BCUT2D eigenvalue weighted by Gasteiger charge is 2.07. The molecule has 0 fully saturated rings. The Balaban J connectivity index is 1.70. The summed E-state index contributed by atoms with van der Waals surface area (Å²) in [7, 11) is 2.05. The number of nitrogens with one attached hydrogen (secondary N) is 1. The molecule has 3 aromatic rings. The molecule has 1 aromatic carbocycles. The molecule has 0 spiro atoms. The fourth-order valence-corrected chi connectivity index (χ4v) is 2.56. The molecule has 0 saturated carbocycles. The van der Waals surface area contributed by atoms with E-state index in [9.17, 15) is 0 Å². The lowest BCUT2D eigenvalue weighted by atomic mass is 10.2. The van der Waals surface area contributed by atoms with Crippen LogP contribution >= 0.6 is 0 Å². The summed E-state index contributed by atoms with van der Waals surface area (Å²) in [4.78, 5) is 15.3. The van der Waals surface area contributed by atoms with Crippen LogP contribution < -0.4 is 10.2 Å². The minimum atomic E-state index is 0.753. The van der Waals surface area contributed by atoms with Gasteiger partial charge in [-0.25, -0.2) is 9.97 Å². The smallest absolute Gasteiger partial charge is 0.136 e. The van der Waals surface area contributed by atoms with Crippen molar-refractivity contribution in [2.24, 2.45) is 0 Å². The summed E-state index contributed by atoms with van der Waals surface area (Å²) >= 11 is 0. The van der Waals surface area contributed by atoms with Gasteiger partial charge in [-0.2, -0.15) is 0 Å². The standard InChI is InChI=1S/C20H23N5/c1-15-4-6-18(7-5-15)24-19-14-20(23-16(2)22-19)25(3)13-10-17-8-11-21-12-9-17/h4-9,11-12,14H,10,13H2,1-3H3,(H,22,23,24). The molecule has 0 unspecified atom stereocenters. The Morgan fingerprint density at radius 3 is 2.40 bits per heavy atom. The van der Waals surface area contributed by atoms with Gasteiger partial charge in [0.2, 0.25) is 0 Å². The second kappa shape index (κ2) is 7.75. The molecule has 3 rings (SSSR count). The van der Waals surface area contributed by atoms with Crippen molar-refractivity contribution in [3.05, 3.63) is 71.8 Å². The van der Waals surface area contributed by atoms with Crippen LogP contribution in [0.15, 0.2) is 54.9 Å². The maximum atomic E-state index is 4.56. The van der Waals surface area contributed by atoms with Gasteiger partial charge in [0.05, 0.1) is 0 Å². The van der Waals surface area contributed by atoms with Gasteiger partial charge in [0.15, 0.2) is 0 Å². The molecule has 0 aliphatic carbocycles. The molecule has 5 nitrogen and oxygen atoms in total. The average Bonchev–Trinajstić information content (AvgIpc) is 2.62. The molecule has 0 aliphatic heterocycles. The van der Waals surface area contributed by atoms with E-state index in [-0.39, 0.29) is 0 Å². The van der Waals surface area contributed by atoms with E-state index in [4.69, 9.17) is 0 Å². The lowest BCUT2D eigenvalue weighted by molar-refractivity contribution is 0.848. The summed E-state index contributed by atoms with van der Waals surface area (Å²) in [5.41, 5.74) is 3.53. The van der Waals surface area contributed by atoms with Crippen LogP contribution in [-0.4, -0.2) is 28.5 Å². The van der Waals surface area contributed by atoms with Crippen LogP contribution in [0.4, 0.5) is 17.3 Å². The second-order valence-electron chi connectivity index (χ2n) is 6.18.